The van der Waals surface area contributed by atoms with E-state index >= 15 is 0 Å². The number of anilines is 1. The van der Waals surface area contributed by atoms with Crippen molar-refractivity contribution in [3.63, 3.8) is 0 Å². The Bertz CT molecular complexity index is 442. The maximum atomic E-state index is 11.8. The standard InChI is InChI=1S/C10H18N4O2S/c1-11-6-7-12-10-5-4-9(8-13-10)17(15,16)14(2)3/h4-5,8,11H,6-7H2,1-3H3,(H,12,13). The number of nitrogens with zero attached hydrogens (tertiary/aromatic N) is 2. The van der Waals surface area contributed by atoms with Gasteiger partial charge < -0.3 is 10.6 Å². The molecule has 96 valence electrons. The molecule has 0 aliphatic heterocycles. The molecular weight excluding hydrogens is 240 g/mol. The largest absolute Gasteiger partial charge is 0.369 e. The third-order valence-electron chi connectivity index (χ3n) is 2.20. The van der Waals surface area contributed by atoms with Crippen LogP contribution < -0.4 is 10.6 Å². The minimum atomic E-state index is -3.39. The number of pyridine rings is 1. The van der Waals surface area contributed by atoms with Gasteiger partial charge in [0, 0.05) is 33.4 Å². The van der Waals surface area contributed by atoms with Crippen LogP contribution in [-0.4, -0.2) is 51.9 Å². The van der Waals surface area contributed by atoms with E-state index in [9.17, 15) is 8.42 Å². The topological polar surface area (TPSA) is 74.3 Å². The SMILES string of the molecule is CNCCNc1ccc(S(=O)(=O)N(C)C)cn1. The van der Waals surface area contributed by atoms with Gasteiger partial charge in [-0.1, -0.05) is 0 Å². The minimum Gasteiger partial charge on any atom is -0.369 e. The van der Waals surface area contributed by atoms with E-state index in [0.717, 1.165) is 17.4 Å². The Morgan fingerprint density at radius 3 is 2.47 bits per heavy atom. The molecule has 0 aliphatic rings. The van der Waals surface area contributed by atoms with Gasteiger partial charge in [-0.2, -0.15) is 0 Å². The van der Waals surface area contributed by atoms with Gasteiger partial charge in [-0.15, -0.1) is 0 Å². The van der Waals surface area contributed by atoms with E-state index in [1.54, 1.807) is 12.1 Å². The number of nitrogens with one attached hydrogen (secondary N) is 2. The molecule has 0 aliphatic carbocycles. The van der Waals surface area contributed by atoms with E-state index in [2.05, 4.69) is 15.6 Å². The second kappa shape index (κ2) is 5.95. The summed E-state index contributed by atoms with van der Waals surface area (Å²) >= 11 is 0. The number of aromatic nitrogens is 1. The minimum absolute atomic E-state index is 0.196. The van der Waals surface area contributed by atoms with Gasteiger partial charge in [-0.05, 0) is 19.2 Å². The molecule has 17 heavy (non-hydrogen) atoms. The summed E-state index contributed by atoms with van der Waals surface area (Å²) < 4.78 is 24.7. The van der Waals surface area contributed by atoms with Gasteiger partial charge in [-0.3, -0.25) is 0 Å². The first kappa shape index (κ1) is 13.9. The number of sulfonamides is 1. The van der Waals surface area contributed by atoms with E-state index in [4.69, 9.17) is 0 Å². The summed E-state index contributed by atoms with van der Waals surface area (Å²) in [5, 5.41) is 6.07. The predicted octanol–water partition coefficient (Wildman–Crippen LogP) is -0.0368. The smallest absolute Gasteiger partial charge is 0.244 e. The van der Waals surface area contributed by atoms with Crippen molar-refractivity contribution in [1.82, 2.24) is 14.6 Å². The number of hydrogen-bond acceptors (Lipinski definition) is 5. The first-order chi connectivity index (χ1) is 7.98. The highest BCUT2D eigenvalue weighted by Crippen LogP contribution is 2.13. The first-order valence-electron chi connectivity index (χ1n) is 5.25. The molecule has 6 nitrogen and oxygen atoms in total. The molecule has 0 atom stereocenters. The van der Waals surface area contributed by atoms with E-state index < -0.39 is 10.0 Å². The van der Waals surface area contributed by atoms with Gasteiger partial charge >= 0.3 is 0 Å². The van der Waals surface area contributed by atoms with Crippen molar-refractivity contribution in [3.05, 3.63) is 18.3 Å². The highest BCUT2D eigenvalue weighted by Gasteiger charge is 2.16. The molecule has 0 saturated carbocycles. The Morgan fingerprint density at radius 1 is 1.29 bits per heavy atom. The lowest BCUT2D eigenvalue weighted by Gasteiger charge is -2.11. The van der Waals surface area contributed by atoms with Crippen LogP contribution in [0.25, 0.3) is 0 Å². The lowest BCUT2D eigenvalue weighted by Crippen LogP contribution is -2.22. The molecule has 0 radical (unpaired) electrons. The van der Waals surface area contributed by atoms with Gasteiger partial charge in [0.2, 0.25) is 10.0 Å². The molecule has 0 unspecified atom stereocenters. The Balaban J connectivity index is 2.75. The van der Waals surface area contributed by atoms with E-state index in [1.807, 2.05) is 7.05 Å². The third-order valence-corrected chi connectivity index (χ3v) is 3.99. The van der Waals surface area contributed by atoms with Crippen LogP contribution in [0.15, 0.2) is 23.2 Å². The summed E-state index contributed by atoms with van der Waals surface area (Å²) in [6, 6.07) is 3.20. The Labute approximate surface area is 102 Å². The monoisotopic (exact) mass is 258 g/mol. The van der Waals surface area contributed by atoms with Crippen LogP contribution in [0.1, 0.15) is 0 Å². The first-order valence-corrected chi connectivity index (χ1v) is 6.69. The fraction of sp³-hybridized carbons (Fsp3) is 0.500. The average Bonchev–Trinajstić information content (AvgIpc) is 2.30. The molecule has 1 heterocycles. The summed E-state index contributed by atoms with van der Waals surface area (Å²) in [4.78, 5) is 4.25. The summed E-state index contributed by atoms with van der Waals surface area (Å²) in [6.07, 6.45) is 1.36. The van der Waals surface area contributed by atoms with Crippen molar-refractivity contribution in [3.8, 4) is 0 Å². The fourth-order valence-corrected chi connectivity index (χ4v) is 2.01. The summed E-state index contributed by atoms with van der Waals surface area (Å²) in [7, 11) is 1.46. The maximum absolute atomic E-state index is 11.8. The molecule has 0 fully saturated rings. The van der Waals surface area contributed by atoms with Crippen molar-refractivity contribution < 1.29 is 8.42 Å². The van der Waals surface area contributed by atoms with Gasteiger partial charge in [0.05, 0.1) is 0 Å². The zero-order valence-electron chi connectivity index (χ0n) is 10.3. The van der Waals surface area contributed by atoms with Gasteiger partial charge in [0.25, 0.3) is 0 Å². The molecule has 0 spiro atoms. The Kier molecular flexibility index (Phi) is 4.86. The summed E-state index contributed by atoms with van der Waals surface area (Å²) in [5.74, 6) is 0.665. The van der Waals surface area contributed by atoms with Crippen LogP contribution in [-0.2, 0) is 10.0 Å². The number of hydrogen-bond donors (Lipinski definition) is 2. The summed E-state index contributed by atoms with van der Waals surface area (Å²) in [6.45, 7) is 1.56. The van der Waals surface area contributed by atoms with Gasteiger partial charge in [-0.25, -0.2) is 17.7 Å². The van der Waals surface area contributed by atoms with Crippen molar-refractivity contribution in [2.45, 2.75) is 4.90 Å². The average molecular weight is 258 g/mol. The van der Waals surface area contributed by atoms with E-state index in [1.165, 1.54) is 20.3 Å². The quantitative estimate of drug-likeness (QED) is 0.701. The summed E-state index contributed by atoms with van der Waals surface area (Å²) in [5.41, 5.74) is 0. The van der Waals surface area contributed by atoms with Crippen molar-refractivity contribution >= 4 is 15.8 Å². The van der Waals surface area contributed by atoms with Crippen molar-refractivity contribution in [2.75, 3.05) is 39.5 Å². The van der Waals surface area contributed by atoms with Gasteiger partial charge in [0.15, 0.2) is 0 Å². The highest BCUT2D eigenvalue weighted by atomic mass is 32.2. The molecule has 1 rings (SSSR count). The predicted molar refractivity (Wildman–Crippen MR) is 67.5 cm³/mol. The molecule has 0 saturated heterocycles. The van der Waals surface area contributed by atoms with E-state index in [0.29, 0.717) is 5.82 Å². The molecule has 0 aromatic carbocycles. The van der Waals surface area contributed by atoms with Crippen LogP contribution >= 0.6 is 0 Å². The van der Waals surface area contributed by atoms with Crippen LogP contribution in [0, 0.1) is 0 Å². The zero-order valence-corrected chi connectivity index (χ0v) is 11.1. The lowest BCUT2D eigenvalue weighted by atomic mass is 10.4. The lowest BCUT2D eigenvalue weighted by molar-refractivity contribution is 0.520. The highest BCUT2D eigenvalue weighted by molar-refractivity contribution is 7.89. The van der Waals surface area contributed by atoms with E-state index in [-0.39, 0.29) is 4.90 Å². The van der Waals surface area contributed by atoms with Crippen LogP contribution in [0.5, 0.6) is 0 Å². The normalized spacial score (nSPS) is 11.8. The van der Waals surface area contributed by atoms with Crippen molar-refractivity contribution in [1.29, 1.82) is 0 Å². The second-order valence-electron chi connectivity index (χ2n) is 3.70. The molecular formula is C10H18N4O2S. The second-order valence-corrected chi connectivity index (χ2v) is 5.85. The fourth-order valence-electron chi connectivity index (χ4n) is 1.16. The molecule has 0 bridgehead atoms. The zero-order chi connectivity index (χ0) is 12.9. The van der Waals surface area contributed by atoms with Crippen LogP contribution in [0.3, 0.4) is 0 Å². The Morgan fingerprint density at radius 2 is 2.00 bits per heavy atom. The molecule has 0 amide bonds. The third kappa shape index (κ3) is 3.65. The van der Waals surface area contributed by atoms with Crippen LogP contribution in [0.4, 0.5) is 5.82 Å². The maximum Gasteiger partial charge on any atom is 0.244 e. The molecule has 2 N–H and O–H groups in total. The Hall–Kier alpha value is -1.18. The van der Waals surface area contributed by atoms with Crippen LogP contribution in [0.2, 0.25) is 0 Å². The molecule has 1 aromatic rings. The van der Waals surface area contributed by atoms with Gasteiger partial charge in [0.1, 0.15) is 10.7 Å². The molecule has 7 heteroatoms. The number of rotatable bonds is 6. The number of likely N-dealkylation sites (N-methyl/N-ethyl adjacent to an activating group) is 1. The molecule has 1 aromatic heterocycles. The van der Waals surface area contributed by atoms with Crippen molar-refractivity contribution in [2.24, 2.45) is 0 Å².